The highest BCUT2D eigenvalue weighted by molar-refractivity contribution is 6.51. The lowest BCUT2D eigenvalue weighted by atomic mass is 9.94. The number of aliphatic hydroxyl groups is 1. The van der Waals surface area contributed by atoms with Crippen molar-refractivity contribution in [2.45, 2.75) is 19.4 Å². The molecule has 4 rings (SSSR count). The van der Waals surface area contributed by atoms with E-state index in [1.54, 1.807) is 42.5 Å². The minimum Gasteiger partial charge on any atom is -0.507 e. The molecule has 0 radical (unpaired) electrons. The third-order valence-corrected chi connectivity index (χ3v) is 6.16. The summed E-state index contributed by atoms with van der Waals surface area (Å²) < 4.78 is 16.2. The van der Waals surface area contributed by atoms with Crippen molar-refractivity contribution in [3.63, 3.8) is 0 Å². The molecule has 0 aromatic heterocycles. The summed E-state index contributed by atoms with van der Waals surface area (Å²) in [6, 6.07) is 18.5. The number of anilines is 1. The molecule has 1 amide bonds. The van der Waals surface area contributed by atoms with Crippen molar-refractivity contribution in [2.24, 2.45) is 0 Å². The molecule has 1 N–H and O–H groups in total. The van der Waals surface area contributed by atoms with E-state index in [-0.39, 0.29) is 11.3 Å². The number of para-hydroxylation sites is 1. The maximum Gasteiger partial charge on any atom is 0.300 e. The van der Waals surface area contributed by atoms with Crippen molar-refractivity contribution < 1.29 is 28.9 Å². The summed E-state index contributed by atoms with van der Waals surface area (Å²) in [6.45, 7) is 2.04. The number of rotatable bonds is 7. The molecule has 35 heavy (non-hydrogen) atoms. The highest BCUT2D eigenvalue weighted by atomic mass is 16.5. The minimum absolute atomic E-state index is 0.0358. The van der Waals surface area contributed by atoms with Gasteiger partial charge in [0.25, 0.3) is 11.7 Å². The predicted molar refractivity (Wildman–Crippen MR) is 133 cm³/mol. The van der Waals surface area contributed by atoms with E-state index in [4.69, 9.17) is 14.2 Å². The molecule has 1 aliphatic heterocycles. The van der Waals surface area contributed by atoms with Crippen LogP contribution in [0, 0.1) is 0 Å². The van der Waals surface area contributed by atoms with Gasteiger partial charge in [0, 0.05) is 16.8 Å². The van der Waals surface area contributed by atoms with E-state index in [9.17, 15) is 14.7 Å². The fraction of sp³-hybridized carbons (Fsp3) is 0.214. The third kappa shape index (κ3) is 4.21. The Hall–Kier alpha value is -4.26. The van der Waals surface area contributed by atoms with Gasteiger partial charge in [0.2, 0.25) is 0 Å². The summed E-state index contributed by atoms with van der Waals surface area (Å²) >= 11 is 0. The Balaban J connectivity index is 1.96. The van der Waals surface area contributed by atoms with Crippen molar-refractivity contribution in [3.8, 4) is 17.2 Å². The molecule has 1 unspecified atom stereocenters. The maximum atomic E-state index is 13.4. The molecule has 1 atom stereocenters. The Morgan fingerprint density at radius 1 is 0.857 bits per heavy atom. The van der Waals surface area contributed by atoms with Crippen LogP contribution in [0.2, 0.25) is 0 Å². The zero-order chi connectivity index (χ0) is 25.1. The van der Waals surface area contributed by atoms with Gasteiger partial charge in [-0.15, -0.1) is 0 Å². The molecule has 3 aromatic carbocycles. The maximum absolute atomic E-state index is 13.4. The molecule has 1 saturated heterocycles. The van der Waals surface area contributed by atoms with Gasteiger partial charge in [0.1, 0.15) is 11.5 Å². The van der Waals surface area contributed by atoms with Gasteiger partial charge in [-0.2, -0.15) is 0 Å². The van der Waals surface area contributed by atoms with Gasteiger partial charge in [0.15, 0.2) is 11.5 Å². The average Bonchev–Trinajstić information content (AvgIpc) is 3.17. The van der Waals surface area contributed by atoms with Crippen LogP contribution in [0.25, 0.3) is 5.76 Å². The van der Waals surface area contributed by atoms with E-state index in [0.717, 1.165) is 12.0 Å². The molecule has 1 heterocycles. The summed E-state index contributed by atoms with van der Waals surface area (Å²) in [7, 11) is 4.51. The lowest BCUT2D eigenvalue weighted by Gasteiger charge is -2.26. The standard InChI is InChI=1S/C28H27NO6/c1-5-17-10-13-19(14-11-17)29-25(20-8-6-7-9-21(20)33-2)24(27(31)28(29)32)26(30)18-12-15-22(34-3)23(16-18)35-4/h6-16,25,30H,5H2,1-4H3/b26-24+. The Labute approximate surface area is 204 Å². The first-order valence-corrected chi connectivity index (χ1v) is 11.2. The molecule has 180 valence electrons. The Morgan fingerprint density at radius 2 is 1.51 bits per heavy atom. The number of hydrogen-bond acceptors (Lipinski definition) is 6. The molecule has 1 aliphatic rings. The molecular weight excluding hydrogens is 446 g/mol. The third-order valence-electron chi connectivity index (χ3n) is 6.16. The molecule has 7 heteroatoms. The highest BCUT2D eigenvalue weighted by Gasteiger charge is 2.48. The van der Waals surface area contributed by atoms with Crippen LogP contribution in [-0.4, -0.2) is 38.1 Å². The van der Waals surface area contributed by atoms with Gasteiger partial charge in [-0.25, -0.2) is 0 Å². The Bertz CT molecular complexity index is 1300. The summed E-state index contributed by atoms with van der Waals surface area (Å²) in [5.74, 6) is -0.475. The lowest BCUT2D eigenvalue weighted by molar-refractivity contribution is -0.132. The first-order valence-electron chi connectivity index (χ1n) is 11.2. The summed E-state index contributed by atoms with van der Waals surface area (Å²) in [6.07, 6.45) is 0.842. The molecule has 3 aromatic rings. The SMILES string of the molecule is CCc1ccc(N2C(=O)C(=O)/C(=C(/O)c3ccc(OC)c(OC)c3)C2c2ccccc2OC)cc1. The topological polar surface area (TPSA) is 85.3 Å². The molecule has 0 bridgehead atoms. The quantitative estimate of drug-likeness (QED) is 0.298. The van der Waals surface area contributed by atoms with Crippen LogP contribution in [0.3, 0.4) is 0 Å². The number of methoxy groups -OCH3 is 3. The van der Waals surface area contributed by atoms with Crippen molar-refractivity contribution in [1.82, 2.24) is 0 Å². The van der Waals surface area contributed by atoms with Crippen LogP contribution in [0.15, 0.2) is 72.3 Å². The summed E-state index contributed by atoms with van der Waals surface area (Å²) in [5.41, 5.74) is 2.51. The number of aryl methyl sites for hydroxylation is 1. The smallest absolute Gasteiger partial charge is 0.300 e. The van der Waals surface area contributed by atoms with E-state index in [1.807, 2.05) is 31.2 Å². The van der Waals surface area contributed by atoms with E-state index < -0.39 is 17.7 Å². The second-order valence-electron chi connectivity index (χ2n) is 8.00. The minimum atomic E-state index is -0.897. The number of nitrogens with zero attached hydrogens (tertiary/aromatic N) is 1. The molecule has 0 saturated carbocycles. The van der Waals surface area contributed by atoms with Gasteiger partial charge in [-0.1, -0.05) is 37.3 Å². The molecular formula is C28H27NO6. The van der Waals surface area contributed by atoms with Crippen molar-refractivity contribution in [2.75, 3.05) is 26.2 Å². The van der Waals surface area contributed by atoms with E-state index >= 15 is 0 Å². The predicted octanol–water partition coefficient (Wildman–Crippen LogP) is 4.90. The number of carbonyl (C=O) groups is 2. The number of Topliss-reactive ketones (excluding diaryl/α,β-unsaturated/α-hetero) is 1. The molecule has 0 spiro atoms. The fourth-order valence-electron chi connectivity index (χ4n) is 4.32. The Kier molecular flexibility index (Phi) is 6.78. The van der Waals surface area contributed by atoms with Gasteiger partial charge in [-0.3, -0.25) is 14.5 Å². The van der Waals surface area contributed by atoms with Crippen LogP contribution in [0.5, 0.6) is 17.2 Å². The van der Waals surface area contributed by atoms with E-state index in [1.165, 1.54) is 26.2 Å². The van der Waals surface area contributed by atoms with E-state index in [2.05, 4.69) is 0 Å². The number of amides is 1. The van der Waals surface area contributed by atoms with Crippen molar-refractivity contribution in [3.05, 3.63) is 89.0 Å². The van der Waals surface area contributed by atoms with Gasteiger partial charge >= 0.3 is 0 Å². The number of aliphatic hydroxyl groups excluding tert-OH is 1. The molecule has 1 fully saturated rings. The lowest BCUT2D eigenvalue weighted by Crippen LogP contribution is -2.29. The zero-order valence-corrected chi connectivity index (χ0v) is 20.1. The number of carbonyl (C=O) groups excluding carboxylic acids is 2. The largest absolute Gasteiger partial charge is 0.507 e. The molecule has 0 aliphatic carbocycles. The normalized spacial score (nSPS) is 16.9. The van der Waals surface area contributed by atoms with Crippen LogP contribution in [0.1, 0.15) is 29.7 Å². The monoisotopic (exact) mass is 473 g/mol. The van der Waals surface area contributed by atoms with E-state index in [0.29, 0.717) is 34.1 Å². The number of ketones is 1. The first-order chi connectivity index (χ1) is 16.9. The van der Waals surface area contributed by atoms with Gasteiger partial charge in [0.05, 0.1) is 32.9 Å². The van der Waals surface area contributed by atoms with Crippen LogP contribution >= 0.6 is 0 Å². The Morgan fingerprint density at radius 3 is 2.14 bits per heavy atom. The number of ether oxygens (including phenoxy) is 3. The van der Waals surface area contributed by atoms with Crippen LogP contribution < -0.4 is 19.1 Å². The number of hydrogen-bond donors (Lipinski definition) is 1. The zero-order valence-electron chi connectivity index (χ0n) is 20.1. The number of benzene rings is 3. The van der Waals surface area contributed by atoms with Crippen molar-refractivity contribution in [1.29, 1.82) is 0 Å². The van der Waals surface area contributed by atoms with Gasteiger partial charge < -0.3 is 19.3 Å². The fourth-order valence-corrected chi connectivity index (χ4v) is 4.32. The van der Waals surface area contributed by atoms with Gasteiger partial charge in [-0.05, 0) is 48.4 Å². The summed E-state index contributed by atoms with van der Waals surface area (Å²) in [5, 5.41) is 11.4. The second kappa shape index (κ2) is 9.93. The van der Waals surface area contributed by atoms with Crippen LogP contribution in [-0.2, 0) is 16.0 Å². The van der Waals surface area contributed by atoms with Crippen LogP contribution in [0.4, 0.5) is 5.69 Å². The first kappa shape index (κ1) is 23.9. The highest BCUT2D eigenvalue weighted by Crippen LogP contribution is 2.45. The summed E-state index contributed by atoms with van der Waals surface area (Å²) in [4.78, 5) is 28.1. The second-order valence-corrected chi connectivity index (χ2v) is 8.00. The molecule has 7 nitrogen and oxygen atoms in total. The van der Waals surface area contributed by atoms with Crippen molar-refractivity contribution >= 4 is 23.1 Å². The average molecular weight is 474 g/mol.